The number of anilines is 1. The summed E-state index contributed by atoms with van der Waals surface area (Å²) in [4.78, 5) is 27.9. The van der Waals surface area contributed by atoms with Gasteiger partial charge in [0.2, 0.25) is 5.91 Å². The van der Waals surface area contributed by atoms with Crippen molar-refractivity contribution in [3.05, 3.63) is 16.8 Å². The van der Waals surface area contributed by atoms with Crippen molar-refractivity contribution in [1.82, 2.24) is 14.9 Å². The van der Waals surface area contributed by atoms with E-state index >= 15 is 0 Å². The molecule has 7 heteroatoms. The number of carbonyl (C=O) groups is 1. The van der Waals surface area contributed by atoms with E-state index in [0.717, 1.165) is 42.0 Å². The van der Waals surface area contributed by atoms with Crippen molar-refractivity contribution in [1.29, 1.82) is 0 Å². The highest BCUT2D eigenvalue weighted by molar-refractivity contribution is 7.18. The molecule has 25 heavy (non-hydrogen) atoms. The zero-order valence-electron chi connectivity index (χ0n) is 15.2. The molecule has 0 radical (unpaired) electrons. The van der Waals surface area contributed by atoms with Gasteiger partial charge in [0.15, 0.2) is 0 Å². The summed E-state index contributed by atoms with van der Waals surface area (Å²) in [5.74, 6) is 1.22. The molecule has 0 unspecified atom stereocenters. The average Bonchev–Trinajstić information content (AvgIpc) is 2.93. The fourth-order valence-electron chi connectivity index (χ4n) is 3.54. The van der Waals surface area contributed by atoms with Gasteiger partial charge in [-0.3, -0.25) is 4.79 Å². The molecule has 0 spiro atoms. The van der Waals surface area contributed by atoms with Crippen LogP contribution in [0.3, 0.4) is 0 Å². The van der Waals surface area contributed by atoms with Gasteiger partial charge in [-0.2, -0.15) is 0 Å². The second-order valence-corrected chi connectivity index (χ2v) is 7.77. The third-order valence-corrected chi connectivity index (χ3v) is 6.27. The first-order chi connectivity index (χ1) is 12.1. The Labute approximate surface area is 152 Å². The molecule has 0 aromatic carbocycles. The van der Waals surface area contributed by atoms with E-state index in [-0.39, 0.29) is 18.4 Å². The Morgan fingerprint density at radius 2 is 2.08 bits per heavy atom. The van der Waals surface area contributed by atoms with Gasteiger partial charge < -0.3 is 14.9 Å². The molecule has 1 N–H and O–H groups in total. The number of amides is 1. The Kier molecular flexibility index (Phi) is 5.54. The van der Waals surface area contributed by atoms with Crippen LogP contribution in [-0.2, 0) is 4.79 Å². The summed E-state index contributed by atoms with van der Waals surface area (Å²) in [6.45, 7) is 8.97. The summed E-state index contributed by atoms with van der Waals surface area (Å²) in [7, 11) is 0. The molecule has 1 fully saturated rings. The first-order valence-electron chi connectivity index (χ1n) is 8.92. The second kappa shape index (κ2) is 7.66. The number of aliphatic hydroxyl groups excluding tert-OH is 1. The van der Waals surface area contributed by atoms with E-state index in [4.69, 9.17) is 5.11 Å². The molecule has 0 bridgehead atoms. The van der Waals surface area contributed by atoms with Gasteiger partial charge in [0.05, 0.1) is 12.0 Å². The molecule has 1 saturated heterocycles. The molecular formula is C18H26N4O2S. The van der Waals surface area contributed by atoms with Gasteiger partial charge in [0.1, 0.15) is 17.0 Å². The number of carbonyl (C=O) groups excluding carboxylic acids is 1. The Balaban J connectivity index is 1.74. The summed E-state index contributed by atoms with van der Waals surface area (Å²) in [6, 6.07) is 0. The standard InChI is InChI=1S/C18H26N4O2S/c1-4-21(9-10-23)18(24)14-5-7-22(8-6-14)16-15-12(2)13(3)25-17(15)20-11-19-16/h11,14,23H,4-10H2,1-3H3. The number of hydrogen-bond acceptors (Lipinski definition) is 6. The van der Waals surface area contributed by atoms with Crippen LogP contribution >= 0.6 is 11.3 Å². The highest BCUT2D eigenvalue weighted by Gasteiger charge is 2.29. The van der Waals surface area contributed by atoms with Crippen LogP contribution in [0.4, 0.5) is 5.82 Å². The van der Waals surface area contributed by atoms with Crippen molar-refractivity contribution in [3.8, 4) is 0 Å². The van der Waals surface area contributed by atoms with Gasteiger partial charge in [-0.05, 0) is 39.2 Å². The smallest absolute Gasteiger partial charge is 0.225 e. The Hall–Kier alpha value is -1.73. The molecule has 2 aromatic heterocycles. The maximum Gasteiger partial charge on any atom is 0.225 e. The summed E-state index contributed by atoms with van der Waals surface area (Å²) in [5.41, 5.74) is 1.26. The number of likely N-dealkylation sites (N-methyl/N-ethyl adjacent to an activating group) is 1. The molecule has 3 heterocycles. The minimum Gasteiger partial charge on any atom is -0.395 e. The molecule has 1 aliphatic heterocycles. The third-order valence-electron chi connectivity index (χ3n) is 5.15. The topological polar surface area (TPSA) is 69.6 Å². The lowest BCUT2D eigenvalue weighted by molar-refractivity contribution is -0.136. The minimum atomic E-state index is 0.0220. The molecule has 0 atom stereocenters. The van der Waals surface area contributed by atoms with Gasteiger partial charge in [0.25, 0.3) is 0 Å². The van der Waals surface area contributed by atoms with Crippen LogP contribution in [0.15, 0.2) is 6.33 Å². The molecule has 0 aliphatic carbocycles. The summed E-state index contributed by atoms with van der Waals surface area (Å²) in [5, 5.41) is 10.3. The van der Waals surface area contributed by atoms with Crippen LogP contribution in [0.5, 0.6) is 0 Å². The number of piperidine rings is 1. The number of aryl methyl sites for hydroxylation is 2. The molecule has 2 aromatic rings. The molecule has 0 saturated carbocycles. The number of hydrogen-bond donors (Lipinski definition) is 1. The van der Waals surface area contributed by atoms with Gasteiger partial charge in [-0.1, -0.05) is 0 Å². The van der Waals surface area contributed by atoms with E-state index in [0.29, 0.717) is 13.1 Å². The molecule has 6 nitrogen and oxygen atoms in total. The number of rotatable bonds is 5. The van der Waals surface area contributed by atoms with E-state index in [1.54, 1.807) is 22.6 Å². The van der Waals surface area contributed by atoms with Gasteiger partial charge in [-0.15, -0.1) is 11.3 Å². The summed E-state index contributed by atoms with van der Waals surface area (Å²) in [6.07, 6.45) is 3.30. The second-order valence-electron chi connectivity index (χ2n) is 6.56. The minimum absolute atomic E-state index is 0.0220. The highest BCUT2D eigenvalue weighted by Crippen LogP contribution is 2.35. The Morgan fingerprint density at radius 3 is 2.72 bits per heavy atom. The summed E-state index contributed by atoms with van der Waals surface area (Å²) >= 11 is 1.71. The fraction of sp³-hybridized carbons (Fsp3) is 0.611. The van der Waals surface area contributed by atoms with E-state index < -0.39 is 0 Å². The van der Waals surface area contributed by atoms with Crippen LogP contribution in [-0.4, -0.2) is 58.7 Å². The van der Waals surface area contributed by atoms with Gasteiger partial charge in [-0.25, -0.2) is 9.97 Å². The van der Waals surface area contributed by atoms with Crippen LogP contribution in [0.25, 0.3) is 10.2 Å². The van der Waals surface area contributed by atoms with Crippen molar-refractivity contribution in [2.75, 3.05) is 37.7 Å². The highest BCUT2D eigenvalue weighted by atomic mass is 32.1. The van der Waals surface area contributed by atoms with E-state index in [1.807, 2.05) is 6.92 Å². The van der Waals surface area contributed by atoms with Crippen molar-refractivity contribution in [2.24, 2.45) is 5.92 Å². The predicted octanol–water partition coefficient (Wildman–Crippen LogP) is 2.37. The molecule has 3 rings (SSSR count). The quantitative estimate of drug-likeness (QED) is 0.884. The number of nitrogens with zero attached hydrogens (tertiary/aromatic N) is 4. The van der Waals surface area contributed by atoms with Crippen molar-refractivity contribution in [2.45, 2.75) is 33.6 Å². The van der Waals surface area contributed by atoms with E-state index in [1.165, 1.54) is 10.4 Å². The first-order valence-corrected chi connectivity index (χ1v) is 9.73. The lowest BCUT2D eigenvalue weighted by Gasteiger charge is -2.34. The van der Waals surface area contributed by atoms with Crippen molar-refractivity contribution in [3.63, 3.8) is 0 Å². The third kappa shape index (κ3) is 3.48. The molecule has 1 amide bonds. The number of aliphatic hydroxyl groups is 1. The predicted molar refractivity (Wildman–Crippen MR) is 101 cm³/mol. The Morgan fingerprint density at radius 1 is 1.36 bits per heavy atom. The maximum atomic E-state index is 12.6. The normalized spacial score (nSPS) is 15.8. The maximum absolute atomic E-state index is 12.6. The average molecular weight is 362 g/mol. The number of fused-ring (bicyclic) bond motifs is 1. The first kappa shape index (κ1) is 18.1. The van der Waals surface area contributed by atoms with Crippen LogP contribution in [0, 0.1) is 19.8 Å². The number of aromatic nitrogens is 2. The van der Waals surface area contributed by atoms with E-state index in [2.05, 4.69) is 28.7 Å². The molecule has 136 valence electrons. The van der Waals surface area contributed by atoms with Crippen LogP contribution < -0.4 is 4.90 Å². The molecular weight excluding hydrogens is 336 g/mol. The number of thiophene rings is 1. The summed E-state index contributed by atoms with van der Waals surface area (Å²) < 4.78 is 0. The van der Waals surface area contributed by atoms with Crippen LogP contribution in [0.2, 0.25) is 0 Å². The zero-order valence-corrected chi connectivity index (χ0v) is 16.0. The molecule has 1 aliphatic rings. The van der Waals surface area contributed by atoms with Crippen LogP contribution in [0.1, 0.15) is 30.2 Å². The van der Waals surface area contributed by atoms with Gasteiger partial charge >= 0.3 is 0 Å². The fourth-order valence-corrected chi connectivity index (χ4v) is 4.54. The van der Waals surface area contributed by atoms with Gasteiger partial charge in [0, 0.05) is 37.0 Å². The van der Waals surface area contributed by atoms with Crippen molar-refractivity contribution >= 4 is 33.3 Å². The van der Waals surface area contributed by atoms with Crippen molar-refractivity contribution < 1.29 is 9.90 Å². The Bertz CT molecular complexity index is 753. The monoisotopic (exact) mass is 362 g/mol. The zero-order chi connectivity index (χ0) is 18.0. The SMILES string of the molecule is CCN(CCO)C(=O)C1CCN(c2ncnc3sc(C)c(C)c23)CC1. The largest absolute Gasteiger partial charge is 0.395 e. The lowest BCUT2D eigenvalue weighted by atomic mass is 9.95. The van der Waals surface area contributed by atoms with E-state index in [9.17, 15) is 4.79 Å². The lowest BCUT2D eigenvalue weighted by Crippen LogP contribution is -2.43.